The van der Waals surface area contributed by atoms with E-state index in [1.54, 1.807) is 18.7 Å². The highest BCUT2D eigenvalue weighted by Crippen LogP contribution is 2.35. The quantitative estimate of drug-likeness (QED) is 0.619. The van der Waals surface area contributed by atoms with Crippen molar-refractivity contribution in [2.75, 3.05) is 13.1 Å². The van der Waals surface area contributed by atoms with Gasteiger partial charge < -0.3 is 4.90 Å². The molecule has 3 rings (SSSR count). The maximum Gasteiger partial charge on any atom is 0.416 e. The molecule has 1 atom stereocenters. The highest BCUT2D eigenvalue weighted by atomic mass is 32.2. The van der Waals surface area contributed by atoms with Crippen LogP contribution in [0.3, 0.4) is 0 Å². The highest BCUT2D eigenvalue weighted by molar-refractivity contribution is 7.92. The molecule has 0 bridgehead atoms. The van der Waals surface area contributed by atoms with Crippen LogP contribution in [0.4, 0.5) is 13.2 Å². The Kier molecular flexibility index (Phi) is 6.81. The summed E-state index contributed by atoms with van der Waals surface area (Å²) < 4.78 is 65.5. The number of aromatic nitrogens is 1. The van der Waals surface area contributed by atoms with Crippen LogP contribution in [0.5, 0.6) is 0 Å². The monoisotopic (exact) mass is 474 g/mol. The van der Waals surface area contributed by atoms with Crippen LogP contribution in [0.25, 0.3) is 0 Å². The van der Waals surface area contributed by atoms with Gasteiger partial charge in [-0.2, -0.15) is 13.2 Å². The third-order valence-corrected chi connectivity index (χ3v) is 9.23. The molecule has 1 amide bonds. The first-order valence-electron chi connectivity index (χ1n) is 10.1. The van der Waals surface area contributed by atoms with E-state index in [1.807, 2.05) is 6.92 Å². The van der Waals surface area contributed by atoms with E-state index < -0.39 is 26.8 Å². The first kappa shape index (κ1) is 23.7. The van der Waals surface area contributed by atoms with Crippen molar-refractivity contribution < 1.29 is 26.4 Å². The lowest BCUT2D eigenvalue weighted by Gasteiger charge is -2.35. The second kappa shape index (κ2) is 8.90. The molecule has 31 heavy (non-hydrogen) atoms. The Balaban J connectivity index is 1.75. The van der Waals surface area contributed by atoms with Gasteiger partial charge in [-0.1, -0.05) is 13.0 Å². The molecule has 0 N–H and O–H groups in total. The molecule has 1 aliphatic heterocycles. The molecule has 1 fully saturated rings. The van der Waals surface area contributed by atoms with Gasteiger partial charge in [-0.25, -0.2) is 13.4 Å². The van der Waals surface area contributed by atoms with Crippen molar-refractivity contribution in [1.29, 1.82) is 0 Å². The van der Waals surface area contributed by atoms with Crippen LogP contribution in [0.15, 0.2) is 29.2 Å². The zero-order chi connectivity index (χ0) is 23.0. The van der Waals surface area contributed by atoms with Gasteiger partial charge in [0, 0.05) is 13.1 Å². The number of likely N-dealkylation sites (tertiary alicyclic amines) is 1. The average molecular weight is 475 g/mol. The fraction of sp³-hybridized carbons (Fsp3) is 0.524. The summed E-state index contributed by atoms with van der Waals surface area (Å²) in [6.45, 7) is 6.18. The van der Waals surface area contributed by atoms with Crippen molar-refractivity contribution in [2.24, 2.45) is 5.92 Å². The molecular weight excluding hydrogens is 449 g/mol. The van der Waals surface area contributed by atoms with Gasteiger partial charge >= 0.3 is 6.18 Å². The van der Waals surface area contributed by atoms with Gasteiger partial charge in [-0.15, -0.1) is 11.3 Å². The van der Waals surface area contributed by atoms with E-state index in [0.29, 0.717) is 49.0 Å². The Labute approximate surface area is 184 Å². The van der Waals surface area contributed by atoms with E-state index >= 15 is 0 Å². The van der Waals surface area contributed by atoms with Crippen LogP contribution in [-0.4, -0.2) is 42.5 Å². The largest absolute Gasteiger partial charge is 0.416 e. The molecule has 0 aliphatic carbocycles. The van der Waals surface area contributed by atoms with Crippen LogP contribution in [0.1, 0.15) is 52.1 Å². The summed E-state index contributed by atoms with van der Waals surface area (Å²) >= 11 is 1.34. The maximum absolute atomic E-state index is 13.2. The van der Waals surface area contributed by atoms with Gasteiger partial charge in [0.1, 0.15) is 4.88 Å². The molecule has 0 spiro atoms. The van der Waals surface area contributed by atoms with Gasteiger partial charge in [-0.3, -0.25) is 4.79 Å². The van der Waals surface area contributed by atoms with E-state index in [4.69, 9.17) is 0 Å². The second-order valence-electron chi connectivity index (χ2n) is 7.79. The number of halogens is 3. The maximum atomic E-state index is 13.2. The average Bonchev–Trinajstić information content (AvgIpc) is 3.06. The number of rotatable bonds is 5. The van der Waals surface area contributed by atoms with Crippen molar-refractivity contribution in [2.45, 2.75) is 56.4 Å². The number of alkyl halides is 3. The lowest BCUT2D eigenvalue weighted by Crippen LogP contribution is -2.43. The Hall–Kier alpha value is -1.94. The van der Waals surface area contributed by atoms with Crippen molar-refractivity contribution in [3.63, 3.8) is 0 Å². The number of nitrogens with zero attached hydrogens (tertiary/aromatic N) is 2. The molecule has 0 saturated carbocycles. The smallest absolute Gasteiger partial charge is 0.338 e. The van der Waals surface area contributed by atoms with Crippen LogP contribution in [-0.2, 0) is 16.0 Å². The van der Waals surface area contributed by atoms with Crippen LogP contribution in [0.2, 0.25) is 0 Å². The Morgan fingerprint density at radius 3 is 2.42 bits per heavy atom. The number of aryl methyl sites for hydroxylation is 2. The minimum Gasteiger partial charge on any atom is -0.338 e. The molecule has 1 unspecified atom stereocenters. The number of carbonyl (C=O) groups is 1. The fourth-order valence-electron chi connectivity index (χ4n) is 4.18. The molecule has 5 nitrogen and oxygen atoms in total. The van der Waals surface area contributed by atoms with Gasteiger partial charge in [0.2, 0.25) is 0 Å². The summed E-state index contributed by atoms with van der Waals surface area (Å²) in [5, 5.41) is 0.0228. The molecule has 170 valence electrons. The molecule has 2 heterocycles. The number of hydrogen-bond donors (Lipinski definition) is 0. The summed E-state index contributed by atoms with van der Waals surface area (Å²) in [5.74, 6) is -0.326. The fourth-order valence-corrected chi connectivity index (χ4v) is 7.19. The first-order valence-corrected chi connectivity index (χ1v) is 12.5. The number of thiazole rings is 1. The molecular formula is C21H25F3N2O3S2. The van der Waals surface area contributed by atoms with E-state index in [2.05, 4.69) is 4.98 Å². The molecule has 10 heteroatoms. The summed E-state index contributed by atoms with van der Waals surface area (Å²) in [5.41, 5.74) is -0.285. The van der Waals surface area contributed by atoms with Crippen molar-refractivity contribution in [3.8, 4) is 0 Å². The third kappa shape index (κ3) is 4.95. The zero-order valence-corrected chi connectivity index (χ0v) is 19.2. The van der Waals surface area contributed by atoms with Crippen LogP contribution >= 0.6 is 11.3 Å². The number of benzene rings is 1. The summed E-state index contributed by atoms with van der Waals surface area (Å²) in [7, 11) is -3.94. The number of sulfone groups is 1. The number of piperidine rings is 1. The van der Waals surface area contributed by atoms with E-state index in [-0.39, 0.29) is 16.7 Å². The summed E-state index contributed by atoms with van der Waals surface area (Å²) in [4.78, 5) is 19.1. The molecule has 1 aromatic carbocycles. The van der Waals surface area contributed by atoms with E-state index in [1.165, 1.54) is 17.4 Å². The summed E-state index contributed by atoms with van der Waals surface area (Å²) in [6, 6.07) is 3.93. The number of carbonyl (C=O) groups excluding carboxylic acids is 1. The normalized spacial score (nSPS) is 17.0. The highest BCUT2D eigenvalue weighted by Gasteiger charge is 2.38. The third-order valence-electron chi connectivity index (χ3n) is 5.74. The molecule has 2 aromatic rings. The molecule has 1 aliphatic rings. The molecule has 1 saturated heterocycles. The van der Waals surface area contributed by atoms with Crippen LogP contribution in [0, 0.1) is 19.8 Å². The molecule has 1 aromatic heterocycles. The lowest BCUT2D eigenvalue weighted by molar-refractivity contribution is -0.137. The standard InChI is InChI=1S/C21H25F3N2O3S2/c1-4-18(31(28,29)17-7-5-6-16(12-17)21(22,23)24)15-8-10-26(11-9-15)20(27)19-13(2)25-14(3)30-19/h5-7,12,15,18H,4,8-11H2,1-3H3. The van der Waals surface area contributed by atoms with Gasteiger partial charge in [0.25, 0.3) is 5.91 Å². The topological polar surface area (TPSA) is 67.3 Å². The van der Waals surface area contributed by atoms with Crippen LogP contribution < -0.4 is 0 Å². The minimum atomic E-state index is -4.61. The van der Waals surface area contributed by atoms with E-state index in [0.717, 1.165) is 17.1 Å². The van der Waals surface area contributed by atoms with Crippen molar-refractivity contribution in [3.05, 3.63) is 45.4 Å². The number of hydrogen-bond acceptors (Lipinski definition) is 5. The molecule has 0 radical (unpaired) electrons. The SMILES string of the molecule is CCC(C1CCN(C(=O)c2sc(C)nc2C)CC1)S(=O)(=O)c1cccc(C(F)(F)F)c1. The lowest BCUT2D eigenvalue weighted by atomic mass is 9.92. The summed E-state index contributed by atoms with van der Waals surface area (Å²) in [6.07, 6.45) is -3.34. The second-order valence-corrected chi connectivity index (χ2v) is 11.2. The van der Waals surface area contributed by atoms with Crippen molar-refractivity contribution >= 4 is 27.1 Å². The van der Waals surface area contributed by atoms with E-state index in [9.17, 15) is 26.4 Å². The Morgan fingerprint density at radius 1 is 1.26 bits per heavy atom. The zero-order valence-electron chi connectivity index (χ0n) is 17.6. The van der Waals surface area contributed by atoms with Gasteiger partial charge in [-0.05, 0) is 57.2 Å². The van der Waals surface area contributed by atoms with Crippen molar-refractivity contribution in [1.82, 2.24) is 9.88 Å². The first-order chi connectivity index (χ1) is 14.4. The predicted molar refractivity (Wildman–Crippen MR) is 113 cm³/mol. The van der Waals surface area contributed by atoms with Gasteiger partial charge in [0.15, 0.2) is 9.84 Å². The predicted octanol–water partition coefficient (Wildman–Crippen LogP) is 4.88. The van der Waals surface area contributed by atoms with Gasteiger partial charge in [0.05, 0.1) is 26.4 Å². The minimum absolute atomic E-state index is 0.102. The Morgan fingerprint density at radius 2 is 1.90 bits per heavy atom. The number of amides is 1. The Bertz CT molecular complexity index is 1060.